The lowest BCUT2D eigenvalue weighted by Gasteiger charge is -1.95. The number of hydrogen-bond acceptors (Lipinski definition) is 3. The Bertz CT molecular complexity index is 514. The summed E-state index contributed by atoms with van der Waals surface area (Å²) in [6, 6.07) is 2.78. The van der Waals surface area contributed by atoms with E-state index in [1.807, 2.05) is 0 Å². The lowest BCUT2D eigenvalue weighted by Crippen LogP contribution is -2.06. The second kappa shape index (κ2) is 4.21. The molecule has 6 heteroatoms. The first kappa shape index (κ1) is 11.1. The molecule has 1 aromatic carbocycles. The highest BCUT2D eigenvalue weighted by atomic mass is 79.9. The number of nitrogens with one attached hydrogen (secondary N) is 1. The summed E-state index contributed by atoms with van der Waals surface area (Å²) >= 11 is 3.05. The van der Waals surface area contributed by atoms with Crippen LogP contribution < -0.4 is 0 Å². The molecule has 84 valence electrons. The molecule has 0 saturated carbocycles. The van der Waals surface area contributed by atoms with Crippen LogP contribution in [0.3, 0.4) is 0 Å². The fraction of sp³-hybridized carbons (Fsp3) is 0.200. The van der Waals surface area contributed by atoms with Gasteiger partial charge in [0.2, 0.25) is 5.82 Å². The molecule has 16 heavy (non-hydrogen) atoms. The van der Waals surface area contributed by atoms with E-state index in [-0.39, 0.29) is 12.4 Å². The Morgan fingerprint density at radius 1 is 1.62 bits per heavy atom. The third-order valence-corrected chi connectivity index (χ3v) is 2.60. The quantitative estimate of drug-likeness (QED) is 0.864. The van der Waals surface area contributed by atoms with Crippen molar-refractivity contribution in [2.24, 2.45) is 0 Å². The Morgan fingerprint density at radius 2 is 2.38 bits per heavy atom. The van der Waals surface area contributed by atoms with Gasteiger partial charge in [-0.15, -0.1) is 0 Å². The van der Waals surface area contributed by atoms with Crippen LogP contribution in [0.2, 0.25) is 0 Å². The zero-order chi connectivity index (χ0) is 11.7. The highest BCUT2D eigenvalue weighted by Gasteiger charge is 2.13. The van der Waals surface area contributed by atoms with Gasteiger partial charge in [0.15, 0.2) is 0 Å². The van der Waals surface area contributed by atoms with Gasteiger partial charge in [-0.25, -0.2) is 14.2 Å². The molecule has 0 radical (unpaired) electrons. The van der Waals surface area contributed by atoms with Crippen molar-refractivity contribution >= 4 is 32.9 Å². The Balaban J connectivity index is 2.48. The fourth-order valence-electron chi connectivity index (χ4n) is 1.30. The summed E-state index contributed by atoms with van der Waals surface area (Å²) in [5.41, 5.74) is 0.972. The van der Waals surface area contributed by atoms with Gasteiger partial charge in [-0.05, 0) is 28.9 Å². The molecular formula is C10H8BrFN2O2. The first-order chi connectivity index (χ1) is 7.61. The van der Waals surface area contributed by atoms with Crippen LogP contribution in [0.15, 0.2) is 16.6 Å². The van der Waals surface area contributed by atoms with E-state index in [1.54, 1.807) is 6.92 Å². The maximum absolute atomic E-state index is 13.2. The van der Waals surface area contributed by atoms with E-state index in [2.05, 4.69) is 25.9 Å². The van der Waals surface area contributed by atoms with Crippen molar-refractivity contribution in [3.05, 3.63) is 28.2 Å². The van der Waals surface area contributed by atoms with Crippen LogP contribution in [-0.2, 0) is 4.74 Å². The normalized spacial score (nSPS) is 10.7. The van der Waals surface area contributed by atoms with Gasteiger partial charge in [-0.2, -0.15) is 0 Å². The predicted molar refractivity (Wildman–Crippen MR) is 59.7 cm³/mol. The number of halogens is 2. The standard InChI is InChI=1S/C10H8BrFN2O2/c1-2-16-10(15)9-13-7-3-5(11)6(12)4-8(7)14-9/h3-4H,2H2,1H3,(H,13,14). The summed E-state index contributed by atoms with van der Waals surface area (Å²) in [5, 5.41) is 0. The molecule has 0 aliphatic heterocycles. The summed E-state index contributed by atoms with van der Waals surface area (Å²) in [5.74, 6) is -0.879. The van der Waals surface area contributed by atoms with Crippen LogP contribution in [0.5, 0.6) is 0 Å². The van der Waals surface area contributed by atoms with E-state index in [9.17, 15) is 9.18 Å². The minimum atomic E-state index is -0.546. The SMILES string of the molecule is CCOC(=O)c1nc2cc(Br)c(F)cc2[nH]1. The molecule has 4 nitrogen and oxygen atoms in total. The topological polar surface area (TPSA) is 55.0 Å². The summed E-state index contributed by atoms with van der Waals surface area (Å²) < 4.78 is 18.3. The van der Waals surface area contributed by atoms with E-state index >= 15 is 0 Å². The smallest absolute Gasteiger partial charge is 0.374 e. The highest BCUT2D eigenvalue weighted by Crippen LogP contribution is 2.21. The molecule has 0 fully saturated rings. The number of nitrogens with zero attached hydrogens (tertiary/aromatic N) is 1. The minimum Gasteiger partial charge on any atom is -0.460 e. The maximum Gasteiger partial charge on any atom is 0.374 e. The molecule has 2 rings (SSSR count). The third-order valence-electron chi connectivity index (χ3n) is 1.99. The van der Waals surface area contributed by atoms with E-state index in [0.29, 0.717) is 15.5 Å². The Kier molecular flexibility index (Phi) is 2.91. The number of benzene rings is 1. The van der Waals surface area contributed by atoms with Gasteiger partial charge in [-0.1, -0.05) is 0 Å². The van der Waals surface area contributed by atoms with Gasteiger partial charge in [-0.3, -0.25) is 0 Å². The van der Waals surface area contributed by atoms with Crippen molar-refractivity contribution < 1.29 is 13.9 Å². The van der Waals surface area contributed by atoms with Gasteiger partial charge in [0.25, 0.3) is 0 Å². The lowest BCUT2D eigenvalue weighted by atomic mass is 10.3. The predicted octanol–water partition coefficient (Wildman–Crippen LogP) is 2.64. The number of aromatic amines is 1. The number of carbonyl (C=O) groups is 1. The minimum absolute atomic E-state index is 0.0781. The van der Waals surface area contributed by atoms with Crippen LogP contribution in [0.4, 0.5) is 4.39 Å². The second-order valence-electron chi connectivity index (χ2n) is 3.09. The number of hydrogen-bond donors (Lipinski definition) is 1. The van der Waals surface area contributed by atoms with Crippen molar-refractivity contribution in [2.75, 3.05) is 6.61 Å². The molecule has 0 saturated heterocycles. The molecule has 0 amide bonds. The number of carbonyl (C=O) groups excluding carboxylic acids is 1. The number of fused-ring (bicyclic) bond motifs is 1. The summed E-state index contributed by atoms with van der Waals surface area (Å²) in [6.07, 6.45) is 0. The molecule has 0 unspecified atom stereocenters. The van der Waals surface area contributed by atoms with Crippen LogP contribution in [0.1, 0.15) is 17.5 Å². The Morgan fingerprint density at radius 3 is 3.06 bits per heavy atom. The third kappa shape index (κ3) is 1.92. The van der Waals surface area contributed by atoms with Crippen LogP contribution >= 0.6 is 15.9 Å². The Hall–Kier alpha value is -1.43. The number of imidazole rings is 1. The van der Waals surface area contributed by atoms with Crippen molar-refractivity contribution in [1.29, 1.82) is 0 Å². The number of rotatable bonds is 2. The molecular weight excluding hydrogens is 279 g/mol. The van der Waals surface area contributed by atoms with Gasteiger partial charge in [0.05, 0.1) is 22.1 Å². The number of ether oxygens (including phenoxy) is 1. The van der Waals surface area contributed by atoms with E-state index in [0.717, 1.165) is 0 Å². The van der Waals surface area contributed by atoms with Crippen molar-refractivity contribution in [3.63, 3.8) is 0 Å². The number of H-pyrrole nitrogens is 1. The van der Waals surface area contributed by atoms with E-state index in [1.165, 1.54) is 12.1 Å². The van der Waals surface area contributed by atoms with Crippen LogP contribution in [0, 0.1) is 5.82 Å². The largest absolute Gasteiger partial charge is 0.460 e. The van der Waals surface area contributed by atoms with Gasteiger partial charge < -0.3 is 9.72 Å². The molecule has 1 aromatic heterocycles. The zero-order valence-corrected chi connectivity index (χ0v) is 9.97. The highest BCUT2D eigenvalue weighted by molar-refractivity contribution is 9.10. The van der Waals surface area contributed by atoms with Gasteiger partial charge in [0, 0.05) is 6.07 Å². The summed E-state index contributed by atoms with van der Waals surface area (Å²) in [4.78, 5) is 18.1. The summed E-state index contributed by atoms with van der Waals surface area (Å²) in [6.45, 7) is 1.98. The monoisotopic (exact) mass is 286 g/mol. The average molecular weight is 287 g/mol. The van der Waals surface area contributed by atoms with Gasteiger partial charge >= 0.3 is 5.97 Å². The Labute approximate surface area is 98.9 Å². The lowest BCUT2D eigenvalue weighted by molar-refractivity contribution is 0.0514. The molecule has 0 aliphatic carbocycles. The molecule has 1 heterocycles. The van der Waals surface area contributed by atoms with Crippen LogP contribution in [-0.4, -0.2) is 22.5 Å². The van der Waals surface area contributed by atoms with Crippen molar-refractivity contribution in [1.82, 2.24) is 9.97 Å². The van der Waals surface area contributed by atoms with E-state index < -0.39 is 11.8 Å². The molecule has 0 atom stereocenters. The molecule has 0 spiro atoms. The first-order valence-electron chi connectivity index (χ1n) is 4.63. The molecule has 0 bridgehead atoms. The van der Waals surface area contributed by atoms with E-state index in [4.69, 9.17) is 4.74 Å². The summed E-state index contributed by atoms with van der Waals surface area (Å²) in [7, 11) is 0. The fourth-order valence-corrected chi connectivity index (χ4v) is 1.63. The first-order valence-corrected chi connectivity index (χ1v) is 5.43. The molecule has 1 N–H and O–H groups in total. The van der Waals surface area contributed by atoms with Gasteiger partial charge in [0.1, 0.15) is 5.82 Å². The average Bonchev–Trinajstić information content (AvgIpc) is 2.62. The second-order valence-corrected chi connectivity index (χ2v) is 3.94. The number of esters is 1. The maximum atomic E-state index is 13.2. The van der Waals surface area contributed by atoms with Crippen molar-refractivity contribution in [3.8, 4) is 0 Å². The number of aromatic nitrogens is 2. The zero-order valence-electron chi connectivity index (χ0n) is 8.38. The molecule has 2 aromatic rings. The molecule has 0 aliphatic rings. The van der Waals surface area contributed by atoms with Crippen LogP contribution in [0.25, 0.3) is 11.0 Å². The van der Waals surface area contributed by atoms with Crippen molar-refractivity contribution in [2.45, 2.75) is 6.92 Å².